The van der Waals surface area contributed by atoms with Crippen LogP contribution in [0.2, 0.25) is 0 Å². The number of halogens is 2. The molecule has 1 atom stereocenters. The zero-order chi connectivity index (χ0) is 17.1. The van der Waals surface area contributed by atoms with Gasteiger partial charge in [-0.25, -0.2) is 8.78 Å². The number of amides is 1. The van der Waals surface area contributed by atoms with Crippen LogP contribution in [0.1, 0.15) is 22.0 Å². The minimum atomic E-state index is -0.827. The molecular weight excluding hydrogens is 312 g/mol. The summed E-state index contributed by atoms with van der Waals surface area (Å²) in [6.45, 7) is -0.331. The molecule has 2 N–H and O–H groups in total. The van der Waals surface area contributed by atoms with Gasteiger partial charge in [-0.15, -0.1) is 0 Å². The van der Waals surface area contributed by atoms with Crippen molar-refractivity contribution in [2.24, 2.45) is 0 Å². The zero-order valence-corrected chi connectivity index (χ0v) is 12.7. The highest BCUT2D eigenvalue weighted by molar-refractivity contribution is 5.94. The second-order valence-electron chi connectivity index (χ2n) is 5.47. The van der Waals surface area contributed by atoms with Crippen LogP contribution in [0.25, 0.3) is 10.8 Å². The van der Waals surface area contributed by atoms with Gasteiger partial charge in [0.1, 0.15) is 11.6 Å². The summed E-state index contributed by atoms with van der Waals surface area (Å²) in [4.78, 5) is 12.2. The SMILES string of the molecule is O=C(NC(CO)c1ccc2ccccc2c1)c1cc(F)cc(F)c1. The Morgan fingerprint density at radius 2 is 1.62 bits per heavy atom. The maximum Gasteiger partial charge on any atom is 0.252 e. The summed E-state index contributed by atoms with van der Waals surface area (Å²) in [6, 6.07) is 15.2. The summed E-state index contributed by atoms with van der Waals surface area (Å²) in [6.07, 6.45) is 0. The normalized spacial score (nSPS) is 12.1. The van der Waals surface area contributed by atoms with Crippen LogP contribution in [-0.2, 0) is 0 Å². The Morgan fingerprint density at radius 1 is 0.958 bits per heavy atom. The third-order valence-electron chi connectivity index (χ3n) is 3.79. The van der Waals surface area contributed by atoms with E-state index in [1.807, 2.05) is 36.4 Å². The molecule has 122 valence electrons. The molecule has 3 aromatic carbocycles. The Balaban J connectivity index is 1.86. The van der Waals surface area contributed by atoms with E-state index in [9.17, 15) is 18.7 Å². The second kappa shape index (κ2) is 6.76. The summed E-state index contributed by atoms with van der Waals surface area (Å²) in [5.74, 6) is -2.31. The van der Waals surface area contributed by atoms with Gasteiger partial charge in [-0.05, 0) is 34.5 Å². The van der Waals surface area contributed by atoms with Crippen molar-refractivity contribution in [3.05, 3.63) is 83.4 Å². The predicted octanol–water partition coefficient (Wildman–Crippen LogP) is 3.58. The number of hydrogen-bond donors (Lipinski definition) is 2. The molecule has 1 unspecified atom stereocenters. The molecule has 0 spiro atoms. The molecule has 5 heteroatoms. The summed E-state index contributed by atoms with van der Waals surface area (Å²) in [5.41, 5.74) is 0.577. The van der Waals surface area contributed by atoms with Gasteiger partial charge in [-0.3, -0.25) is 4.79 Å². The van der Waals surface area contributed by atoms with Crippen molar-refractivity contribution >= 4 is 16.7 Å². The standard InChI is InChI=1S/C19H15F2NO2/c20-16-8-15(9-17(21)10-16)19(24)22-18(11-23)14-6-5-12-3-1-2-4-13(12)7-14/h1-10,18,23H,11H2,(H,22,24). The fraction of sp³-hybridized carbons (Fsp3) is 0.105. The van der Waals surface area contributed by atoms with Gasteiger partial charge in [0.25, 0.3) is 5.91 Å². The minimum Gasteiger partial charge on any atom is -0.394 e. The molecule has 0 radical (unpaired) electrons. The largest absolute Gasteiger partial charge is 0.394 e. The monoisotopic (exact) mass is 327 g/mol. The number of hydrogen-bond acceptors (Lipinski definition) is 2. The molecule has 3 rings (SSSR count). The quantitative estimate of drug-likeness (QED) is 0.769. The lowest BCUT2D eigenvalue weighted by Crippen LogP contribution is -2.30. The van der Waals surface area contributed by atoms with Crippen LogP contribution in [0.3, 0.4) is 0 Å². The van der Waals surface area contributed by atoms with Crippen LogP contribution in [0.15, 0.2) is 60.7 Å². The fourth-order valence-corrected chi connectivity index (χ4v) is 2.59. The van der Waals surface area contributed by atoms with Gasteiger partial charge < -0.3 is 10.4 Å². The van der Waals surface area contributed by atoms with Crippen LogP contribution in [0.4, 0.5) is 8.78 Å². The highest BCUT2D eigenvalue weighted by Gasteiger charge is 2.16. The highest BCUT2D eigenvalue weighted by atomic mass is 19.1. The number of nitrogens with one attached hydrogen (secondary N) is 1. The minimum absolute atomic E-state index is 0.133. The molecule has 0 aliphatic rings. The van der Waals surface area contributed by atoms with Gasteiger partial charge >= 0.3 is 0 Å². The van der Waals surface area contributed by atoms with Gasteiger partial charge in [0.2, 0.25) is 0 Å². The summed E-state index contributed by atoms with van der Waals surface area (Å²) < 4.78 is 26.5. The van der Waals surface area contributed by atoms with Crippen molar-refractivity contribution in [1.29, 1.82) is 0 Å². The number of aliphatic hydroxyl groups excluding tert-OH is 1. The van der Waals surface area contributed by atoms with Gasteiger partial charge in [0.05, 0.1) is 12.6 Å². The van der Waals surface area contributed by atoms with Crippen molar-refractivity contribution in [3.8, 4) is 0 Å². The van der Waals surface area contributed by atoms with Gasteiger partial charge in [0, 0.05) is 11.6 Å². The Bertz CT molecular complexity index is 875. The Morgan fingerprint density at radius 3 is 2.29 bits per heavy atom. The third kappa shape index (κ3) is 3.41. The van der Waals surface area contributed by atoms with Gasteiger partial charge in [-0.1, -0.05) is 36.4 Å². The van der Waals surface area contributed by atoms with Gasteiger partial charge in [-0.2, -0.15) is 0 Å². The van der Waals surface area contributed by atoms with E-state index in [2.05, 4.69) is 5.32 Å². The predicted molar refractivity (Wildman–Crippen MR) is 87.6 cm³/mol. The van der Waals surface area contributed by atoms with Crippen LogP contribution in [0, 0.1) is 11.6 Å². The van der Waals surface area contributed by atoms with Crippen LogP contribution < -0.4 is 5.32 Å². The molecule has 24 heavy (non-hydrogen) atoms. The number of carbonyl (C=O) groups excluding carboxylic acids is 1. The van der Waals surface area contributed by atoms with Crippen LogP contribution in [-0.4, -0.2) is 17.6 Å². The molecular formula is C19H15F2NO2. The number of benzene rings is 3. The van der Waals surface area contributed by atoms with Crippen molar-refractivity contribution < 1.29 is 18.7 Å². The number of rotatable bonds is 4. The van der Waals surface area contributed by atoms with Gasteiger partial charge in [0.15, 0.2) is 0 Å². The topological polar surface area (TPSA) is 49.3 Å². The summed E-state index contributed by atoms with van der Waals surface area (Å²) in [7, 11) is 0. The first-order valence-electron chi connectivity index (χ1n) is 7.43. The van der Waals surface area contributed by atoms with E-state index in [1.54, 1.807) is 6.07 Å². The van der Waals surface area contributed by atoms with Crippen molar-refractivity contribution in [2.75, 3.05) is 6.61 Å². The van der Waals surface area contributed by atoms with E-state index >= 15 is 0 Å². The third-order valence-corrected chi connectivity index (χ3v) is 3.79. The molecule has 0 fully saturated rings. The molecule has 3 nitrogen and oxygen atoms in total. The maximum absolute atomic E-state index is 13.2. The zero-order valence-electron chi connectivity index (χ0n) is 12.7. The smallest absolute Gasteiger partial charge is 0.252 e. The molecule has 0 saturated carbocycles. The first-order chi connectivity index (χ1) is 11.6. The lowest BCUT2D eigenvalue weighted by Gasteiger charge is -2.17. The molecule has 0 aliphatic heterocycles. The number of fused-ring (bicyclic) bond motifs is 1. The number of carbonyl (C=O) groups is 1. The molecule has 1 amide bonds. The molecule has 0 heterocycles. The van der Waals surface area contributed by atoms with Crippen LogP contribution in [0.5, 0.6) is 0 Å². The maximum atomic E-state index is 13.2. The molecule has 3 aromatic rings. The molecule has 0 saturated heterocycles. The molecule has 0 aromatic heterocycles. The highest BCUT2D eigenvalue weighted by Crippen LogP contribution is 2.21. The van der Waals surface area contributed by atoms with Crippen molar-refractivity contribution in [2.45, 2.75) is 6.04 Å². The average Bonchev–Trinajstić information content (AvgIpc) is 2.58. The first-order valence-corrected chi connectivity index (χ1v) is 7.43. The van der Waals surface area contributed by atoms with E-state index in [1.165, 1.54) is 0 Å². The summed E-state index contributed by atoms with van der Waals surface area (Å²) >= 11 is 0. The van der Waals surface area contributed by atoms with E-state index in [4.69, 9.17) is 0 Å². The van der Waals surface area contributed by atoms with Crippen LogP contribution >= 0.6 is 0 Å². The van der Waals surface area contributed by atoms with E-state index in [-0.39, 0.29) is 12.2 Å². The lowest BCUT2D eigenvalue weighted by atomic mass is 10.0. The molecule has 0 aliphatic carbocycles. The number of aliphatic hydroxyl groups is 1. The summed E-state index contributed by atoms with van der Waals surface area (Å²) in [5, 5.41) is 14.2. The van der Waals surface area contributed by atoms with E-state index < -0.39 is 23.6 Å². The lowest BCUT2D eigenvalue weighted by molar-refractivity contribution is 0.0915. The Hall–Kier alpha value is -2.79. The Labute approximate surface area is 137 Å². The van der Waals surface area contributed by atoms with E-state index in [0.29, 0.717) is 11.6 Å². The van der Waals surface area contributed by atoms with Crippen molar-refractivity contribution in [1.82, 2.24) is 5.32 Å². The van der Waals surface area contributed by atoms with E-state index in [0.717, 1.165) is 22.9 Å². The second-order valence-corrected chi connectivity index (χ2v) is 5.47. The Kier molecular flexibility index (Phi) is 4.53. The average molecular weight is 327 g/mol. The molecule has 0 bridgehead atoms. The fourth-order valence-electron chi connectivity index (χ4n) is 2.59. The first kappa shape index (κ1) is 16.1. The van der Waals surface area contributed by atoms with Crippen molar-refractivity contribution in [3.63, 3.8) is 0 Å².